The summed E-state index contributed by atoms with van der Waals surface area (Å²) in [5, 5.41) is 0. The molecule has 0 unspecified atom stereocenters. The van der Waals surface area contributed by atoms with Gasteiger partial charge in [0.1, 0.15) is 5.56 Å². The minimum atomic E-state index is -0.560. The minimum Gasteiger partial charge on any atom is -0.368 e. The number of amides is 1. The van der Waals surface area contributed by atoms with E-state index in [-0.39, 0.29) is 11.5 Å². The zero-order chi connectivity index (χ0) is 15.7. The molecule has 1 amide bonds. The van der Waals surface area contributed by atoms with E-state index in [0.29, 0.717) is 18.8 Å². The first kappa shape index (κ1) is 14.4. The van der Waals surface area contributed by atoms with E-state index in [1.165, 1.54) is 4.74 Å². The van der Waals surface area contributed by atoms with Gasteiger partial charge in [-0.25, -0.2) is 9.53 Å². The van der Waals surface area contributed by atoms with Crippen LogP contribution in [0.1, 0.15) is 16.1 Å². The maximum Gasteiger partial charge on any atom is 0.370 e. The van der Waals surface area contributed by atoms with Gasteiger partial charge in [-0.1, -0.05) is 18.2 Å². The Labute approximate surface area is 128 Å². The molecule has 1 saturated heterocycles. The first-order valence-corrected chi connectivity index (χ1v) is 7.34. The van der Waals surface area contributed by atoms with Crippen LogP contribution in [0.25, 0.3) is 0 Å². The Bertz CT molecular complexity index is 725. The molecule has 2 heterocycles. The van der Waals surface area contributed by atoms with E-state index in [1.807, 2.05) is 18.2 Å². The van der Waals surface area contributed by atoms with Gasteiger partial charge in [0.15, 0.2) is 0 Å². The molecular weight excluding hydrogens is 282 g/mol. The molecule has 0 saturated carbocycles. The predicted octanol–water partition coefficient (Wildman–Crippen LogP) is 1.25. The van der Waals surface area contributed by atoms with Crippen LogP contribution in [0.3, 0.4) is 0 Å². The lowest BCUT2D eigenvalue weighted by molar-refractivity contribution is 0.0743. The molecule has 22 heavy (non-hydrogen) atoms. The summed E-state index contributed by atoms with van der Waals surface area (Å²) in [6.45, 7) is 4.43. The number of anilines is 1. The van der Waals surface area contributed by atoms with E-state index in [9.17, 15) is 9.59 Å². The predicted molar refractivity (Wildman–Crippen MR) is 83.2 cm³/mol. The van der Waals surface area contributed by atoms with Crippen LogP contribution in [0.5, 0.6) is 0 Å². The van der Waals surface area contributed by atoms with E-state index in [0.717, 1.165) is 18.8 Å². The van der Waals surface area contributed by atoms with Gasteiger partial charge >= 0.3 is 5.63 Å². The number of carbonyl (C=O) groups excluding carboxylic acids is 1. The summed E-state index contributed by atoms with van der Waals surface area (Å²) in [5.41, 5.74) is 1.32. The van der Waals surface area contributed by atoms with Gasteiger partial charge in [-0.2, -0.15) is 0 Å². The molecule has 1 aliphatic heterocycles. The number of para-hydroxylation sites is 1. The Morgan fingerprint density at radius 2 is 1.73 bits per heavy atom. The summed E-state index contributed by atoms with van der Waals surface area (Å²) in [4.78, 5) is 28.3. The molecule has 0 bridgehead atoms. The van der Waals surface area contributed by atoms with Crippen molar-refractivity contribution < 1.29 is 9.32 Å². The molecule has 1 aromatic carbocycles. The van der Waals surface area contributed by atoms with Gasteiger partial charge in [0, 0.05) is 38.9 Å². The maximum atomic E-state index is 12.5. The number of piperazine rings is 1. The molecular formula is C16H19N3O3. The number of hydrogen-bond donors (Lipinski definition) is 0. The van der Waals surface area contributed by atoms with Crippen LogP contribution < -0.4 is 10.5 Å². The zero-order valence-corrected chi connectivity index (χ0v) is 12.8. The summed E-state index contributed by atoms with van der Waals surface area (Å²) in [6, 6.07) is 10.1. The lowest BCUT2D eigenvalue weighted by atomic mass is 10.2. The van der Waals surface area contributed by atoms with Crippen molar-refractivity contribution in [2.45, 2.75) is 6.92 Å². The molecule has 0 radical (unpaired) electrons. The van der Waals surface area contributed by atoms with E-state index in [4.69, 9.17) is 4.52 Å². The molecule has 1 fully saturated rings. The van der Waals surface area contributed by atoms with E-state index in [2.05, 4.69) is 17.0 Å². The fourth-order valence-electron chi connectivity index (χ4n) is 2.75. The highest BCUT2D eigenvalue weighted by atomic mass is 16.5. The van der Waals surface area contributed by atoms with Crippen molar-refractivity contribution in [1.29, 1.82) is 0 Å². The highest BCUT2D eigenvalue weighted by molar-refractivity contribution is 5.95. The second-order valence-corrected chi connectivity index (χ2v) is 5.45. The highest BCUT2D eigenvalue weighted by Crippen LogP contribution is 2.17. The Kier molecular flexibility index (Phi) is 3.75. The number of benzene rings is 1. The summed E-state index contributed by atoms with van der Waals surface area (Å²) in [7, 11) is 1.63. The van der Waals surface area contributed by atoms with Crippen LogP contribution >= 0.6 is 0 Å². The standard InChI is InChI=1S/C16H19N3O3/c1-12-14(16(21)22-17(12)2)15(20)19-10-8-18(9-11-19)13-6-4-3-5-7-13/h3-7H,8-11H2,1-2H3. The molecule has 0 N–H and O–H groups in total. The van der Waals surface area contributed by atoms with Crippen molar-refractivity contribution in [3.63, 3.8) is 0 Å². The molecule has 2 aromatic rings. The SMILES string of the molecule is Cc1c(C(=O)N2CCN(c3ccccc3)CC2)c(=O)on1C. The lowest BCUT2D eigenvalue weighted by Crippen LogP contribution is -2.49. The second-order valence-electron chi connectivity index (χ2n) is 5.45. The van der Waals surface area contributed by atoms with Gasteiger partial charge in [0.2, 0.25) is 0 Å². The summed E-state index contributed by atoms with van der Waals surface area (Å²) < 4.78 is 6.29. The number of carbonyl (C=O) groups is 1. The van der Waals surface area contributed by atoms with Gasteiger partial charge in [0.25, 0.3) is 5.91 Å². The maximum absolute atomic E-state index is 12.5. The van der Waals surface area contributed by atoms with Crippen molar-refractivity contribution in [2.75, 3.05) is 31.1 Å². The topological polar surface area (TPSA) is 58.7 Å². The Morgan fingerprint density at radius 3 is 2.27 bits per heavy atom. The number of aryl methyl sites for hydroxylation is 1. The molecule has 1 aliphatic rings. The third-order valence-electron chi connectivity index (χ3n) is 4.16. The van der Waals surface area contributed by atoms with E-state index >= 15 is 0 Å². The third-order valence-corrected chi connectivity index (χ3v) is 4.16. The molecule has 6 nitrogen and oxygen atoms in total. The zero-order valence-electron chi connectivity index (χ0n) is 12.8. The van der Waals surface area contributed by atoms with Gasteiger partial charge in [-0.3, -0.25) is 4.79 Å². The highest BCUT2D eigenvalue weighted by Gasteiger charge is 2.27. The Morgan fingerprint density at radius 1 is 1.09 bits per heavy atom. The largest absolute Gasteiger partial charge is 0.370 e. The van der Waals surface area contributed by atoms with Crippen LogP contribution in [0, 0.1) is 6.92 Å². The van der Waals surface area contributed by atoms with Crippen molar-refractivity contribution in [1.82, 2.24) is 9.64 Å². The first-order valence-electron chi connectivity index (χ1n) is 7.34. The van der Waals surface area contributed by atoms with Crippen LogP contribution in [-0.4, -0.2) is 41.7 Å². The summed E-state index contributed by atoms with van der Waals surface area (Å²) in [6.07, 6.45) is 0. The van der Waals surface area contributed by atoms with Gasteiger partial charge < -0.3 is 14.3 Å². The normalized spacial score (nSPS) is 15.2. The molecule has 0 atom stereocenters. The Hall–Kier alpha value is -2.50. The van der Waals surface area contributed by atoms with Crippen LogP contribution in [0.15, 0.2) is 39.6 Å². The fourth-order valence-corrected chi connectivity index (χ4v) is 2.75. The summed E-state index contributed by atoms with van der Waals surface area (Å²) in [5.74, 6) is -0.237. The molecule has 0 aliphatic carbocycles. The minimum absolute atomic E-state index is 0.149. The van der Waals surface area contributed by atoms with Crippen LogP contribution in [0.4, 0.5) is 5.69 Å². The van der Waals surface area contributed by atoms with Crippen molar-refractivity contribution in [3.05, 3.63) is 52.0 Å². The van der Waals surface area contributed by atoms with Crippen molar-refractivity contribution in [2.24, 2.45) is 7.05 Å². The Balaban J connectivity index is 1.71. The molecule has 0 spiro atoms. The fraction of sp³-hybridized carbons (Fsp3) is 0.375. The van der Waals surface area contributed by atoms with Crippen molar-refractivity contribution in [3.8, 4) is 0 Å². The average molecular weight is 301 g/mol. The molecule has 6 heteroatoms. The number of nitrogens with zero attached hydrogens (tertiary/aromatic N) is 3. The first-order chi connectivity index (χ1) is 10.6. The van der Waals surface area contributed by atoms with Crippen LogP contribution in [-0.2, 0) is 7.05 Å². The number of hydrogen-bond acceptors (Lipinski definition) is 4. The van der Waals surface area contributed by atoms with Gasteiger partial charge in [0.05, 0.1) is 5.69 Å². The second kappa shape index (κ2) is 5.71. The molecule has 116 valence electrons. The lowest BCUT2D eigenvalue weighted by Gasteiger charge is -2.35. The monoisotopic (exact) mass is 301 g/mol. The van der Waals surface area contributed by atoms with E-state index in [1.54, 1.807) is 18.9 Å². The van der Waals surface area contributed by atoms with Gasteiger partial charge in [-0.05, 0) is 19.1 Å². The smallest absolute Gasteiger partial charge is 0.368 e. The third kappa shape index (κ3) is 2.52. The number of rotatable bonds is 2. The van der Waals surface area contributed by atoms with Crippen LogP contribution in [0.2, 0.25) is 0 Å². The summed E-state index contributed by atoms with van der Waals surface area (Å²) >= 11 is 0. The van der Waals surface area contributed by atoms with Crippen molar-refractivity contribution >= 4 is 11.6 Å². The quantitative estimate of drug-likeness (QED) is 0.837. The molecule has 3 rings (SSSR count). The number of aromatic nitrogens is 1. The average Bonchev–Trinajstić information content (AvgIpc) is 2.80. The molecule has 1 aromatic heterocycles. The van der Waals surface area contributed by atoms with E-state index < -0.39 is 5.63 Å². The van der Waals surface area contributed by atoms with Gasteiger partial charge in [-0.15, -0.1) is 0 Å².